The van der Waals surface area contributed by atoms with Gasteiger partial charge in [-0.3, -0.25) is 0 Å². The van der Waals surface area contributed by atoms with E-state index in [0.717, 1.165) is 6.42 Å². The molecule has 1 aromatic rings. The molecular formula is C15H23N. The topological polar surface area (TPSA) is 12.0 Å². The first-order valence-electron chi connectivity index (χ1n) is 6.07. The molecule has 0 saturated heterocycles. The predicted octanol–water partition coefficient (Wildman–Crippen LogP) is 3.94. The Morgan fingerprint density at radius 3 is 2.31 bits per heavy atom. The third kappa shape index (κ3) is 3.82. The van der Waals surface area contributed by atoms with Gasteiger partial charge >= 0.3 is 0 Å². The smallest absolute Gasteiger partial charge is 0.0294 e. The molecule has 0 heterocycles. The molecule has 16 heavy (non-hydrogen) atoms. The lowest BCUT2D eigenvalue weighted by Crippen LogP contribution is -2.35. The highest BCUT2D eigenvalue weighted by atomic mass is 14.9. The summed E-state index contributed by atoms with van der Waals surface area (Å²) < 4.78 is 0. The zero-order valence-corrected chi connectivity index (χ0v) is 10.6. The average molecular weight is 217 g/mol. The zero-order valence-electron chi connectivity index (χ0n) is 10.6. The van der Waals surface area contributed by atoms with Crippen molar-refractivity contribution in [3.63, 3.8) is 0 Å². The highest BCUT2D eigenvalue weighted by Crippen LogP contribution is 2.16. The van der Waals surface area contributed by atoms with E-state index in [2.05, 4.69) is 63.0 Å². The minimum atomic E-state index is 0.397. The van der Waals surface area contributed by atoms with Gasteiger partial charge in [0, 0.05) is 12.1 Å². The van der Waals surface area contributed by atoms with Gasteiger partial charge in [-0.25, -0.2) is 0 Å². The van der Waals surface area contributed by atoms with Crippen molar-refractivity contribution in [3.05, 3.63) is 48.6 Å². The van der Waals surface area contributed by atoms with Gasteiger partial charge in [-0.2, -0.15) is 0 Å². The van der Waals surface area contributed by atoms with Crippen molar-refractivity contribution in [2.45, 2.75) is 39.3 Å². The largest absolute Gasteiger partial charge is 0.307 e. The standard InChI is InChI=1S/C15H23N/c1-5-9-15(12(2)3)16-13(4)14-10-7-6-8-11-14/h5-8,10-13,15-16H,1,9H2,2-4H3/t13-,15?/m1/s1. The maximum absolute atomic E-state index is 3.82. The Kier molecular flexibility index (Phi) is 5.27. The van der Waals surface area contributed by atoms with Crippen LogP contribution in [0.15, 0.2) is 43.0 Å². The summed E-state index contributed by atoms with van der Waals surface area (Å²) in [5.41, 5.74) is 1.34. The van der Waals surface area contributed by atoms with Crippen LogP contribution in [-0.4, -0.2) is 6.04 Å². The Bertz CT molecular complexity index is 302. The van der Waals surface area contributed by atoms with Crippen molar-refractivity contribution in [3.8, 4) is 0 Å². The molecule has 0 spiro atoms. The van der Waals surface area contributed by atoms with Gasteiger partial charge < -0.3 is 5.32 Å². The second kappa shape index (κ2) is 6.49. The molecule has 0 aliphatic rings. The lowest BCUT2D eigenvalue weighted by atomic mass is 9.98. The van der Waals surface area contributed by atoms with Crippen LogP contribution < -0.4 is 5.32 Å². The summed E-state index contributed by atoms with van der Waals surface area (Å²) in [6.07, 6.45) is 3.02. The van der Waals surface area contributed by atoms with Crippen LogP contribution in [0.5, 0.6) is 0 Å². The van der Waals surface area contributed by atoms with Crippen LogP contribution >= 0.6 is 0 Å². The van der Waals surface area contributed by atoms with Crippen molar-refractivity contribution in [1.82, 2.24) is 5.32 Å². The molecule has 1 heteroatoms. The Labute approximate surface area is 99.6 Å². The third-order valence-corrected chi connectivity index (χ3v) is 2.99. The van der Waals surface area contributed by atoms with E-state index in [-0.39, 0.29) is 0 Å². The van der Waals surface area contributed by atoms with E-state index in [1.54, 1.807) is 0 Å². The van der Waals surface area contributed by atoms with Crippen molar-refractivity contribution >= 4 is 0 Å². The lowest BCUT2D eigenvalue weighted by Gasteiger charge is -2.25. The van der Waals surface area contributed by atoms with Crippen LogP contribution in [0.3, 0.4) is 0 Å². The maximum Gasteiger partial charge on any atom is 0.0294 e. The van der Waals surface area contributed by atoms with Gasteiger partial charge in [0.15, 0.2) is 0 Å². The second-order valence-electron chi connectivity index (χ2n) is 4.67. The Morgan fingerprint density at radius 1 is 1.19 bits per heavy atom. The lowest BCUT2D eigenvalue weighted by molar-refractivity contribution is 0.367. The molecule has 1 nitrogen and oxygen atoms in total. The zero-order chi connectivity index (χ0) is 12.0. The summed E-state index contributed by atoms with van der Waals surface area (Å²) in [6, 6.07) is 11.5. The van der Waals surface area contributed by atoms with Gasteiger partial charge in [-0.05, 0) is 24.8 Å². The van der Waals surface area contributed by atoms with Gasteiger partial charge in [0.05, 0.1) is 0 Å². The molecule has 0 amide bonds. The van der Waals surface area contributed by atoms with Crippen molar-refractivity contribution in [1.29, 1.82) is 0 Å². The molecule has 0 fully saturated rings. The molecule has 1 rings (SSSR count). The van der Waals surface area contributed by atoms with E-state index >= 15 is 0 Å². The minimum absolute atomic E-state index is 0.397. The van der Waals surface area contributed by atoms with Gasteiger partial charge in [-0.1, -0.05) is 50.3 Å². The Balaban J connectivity index is 2.61. The predicted molar refractivity (Wildman–Crippen MR) is 71.4 cm³/mol. The number of nitrogens with one attached hydrogen (secondary N) is 1. The first-order chi connectivity index (χ1) is 7.65. The highest BCUT2D eigenvalue weighted by molar-refractivity contribution is 5.18. The van der Waals surface area contributed by atoms with E-state index in [9.17, 15) is 0 Å². The van der Waals surface area contributed by atoms with Crippen LogP contribution in [0.25, 0.3) is 0 Å². The van der Waals surface area contributed by atoms with Gasteiger partial charge in [0.25, 0.3) is 0 Å². The fourth-order valence-electron chi connectivity index (χ4n) is 1.87. The number of rotatable bonds is 6. The van der Waals surface area contributed by atoms with E-state index in [4.69, 9.17) is 0 Å². The SMILES string of the molecule is C=CCC(N[C@H](C)c1ccccc1)C(C)C. The first-order valence-corrected chi connectivity index (χ1v) is 6.07. The van der Waals surface area contributed by atoms with E-state index in [1.165, 1.54) is 5.56 Å². The fourth-order valence-corrected chi connectivity index (χ4v) is 1.87. The molecule has 0 aliphatic carbocycles. The summed E-state index contributed by atoms with van der Waals surface area (Å²) >= 11 is 0. The number of hydrogen-bond acceptors (Lipinski definition) is 1. The van der Waals surface area contributed by atoms with E-state index in [0.29, 0.717) is 18.0 Å². The van der Waals surface area contributed by atoms with Crippen LogP contribution in [0.4, 0.5) is 0 Å². The summed E-state index contributed by atoms with van der Waals surface area (Å²) in [4.78, 5) is 0. The molecule has 0 radical (unpaired) electrons. The van der Waals surface area contributed by atoms with Gasteiger partial charge in [-0.15, -0.1) is 6.58 Å². The molecule has 0 bridgehead atoms. The summed E-state index contributed by atoms with van der Waals surface area (Å²) in [5.74, 6) is 0.629. The van der Waals surface area contributed by atoms with Crippen LogP contribution in [0, 0.1) is 5.92 Å². The van der Waals surface area contributed by atoms with Gasteiger partial charge in [0.2, 0.25) is 0 Å². The monoisotopic (exact) mass is 217 g/mol. The van der Waals surface area contributed by atoms with E-state index in [1.807, 2.05) is 6.08 Å². The minimum Gasteiger partial charge on any atom is -0.307 e. The molecule has 0 aromatic heterocycles. The second-order valence-corrected chi connectivity index (χ2v) is 4.67. The highest BCUT2D eigenvalue weighted by Gasteiger charge is 2.14. The van der Waals surface area contributed by atoms with Gasteiger partial charge in [0.1, 0.15) is 0 Å². The Hall–Kier alpha value is -1.08. The molecule has 0 saturated carbocycles. The summed E-state index contributed by atoms with van der Waals surface area (Å²) in [6.45, 7) is 10.5. The molecule has 1 N–H and O–H groups in total. The quantitative estimate of drug-likeness (QED) is 0.712. The van der Waals surface area contributed by atoms with Crippen molar-refractivity contribution < 1.29 is 0 Å². The number of hydrogen-bond donors (Lipinski definition) is 1. The van der Waals surface area contributed by atoms with Crippen LogP contribution in [0.1, 0.15) is 38.8 Å². The molecular weight excluding hydrogens is 194 g/mol. The normalized spacial score (nSPS) is 14.8. The van der Waals surface area contributed by atoms with Crippen LogP contribution in [-0.2, 0) is 0 Å². The van der Waals surface area contributed by atoms with Crippen molar-refractivity contribution in [2.75, 3.05) is 0 Å². The average Bonchev–Trinajstić information content (AvgIpc) is 2.29. The molecule has 1 unspecified atom stereocenters. The Morgan fingerprint density at radius 2 is 1.81 bits per heavy atom. The fraction of sp³-hybridized carbons (Fsp3) is 0.467. The maximum atomic E-state index is 3.82. The van der Waals surface area contributed by atoms with Crippen molar-refractivity contribution in [2.24, 2.45) is 5.92 Å². The van der Waals surface area contributed by atoms with Crippen LogP contribution in [0.2, 0.25) is 0 Å². The van der Waals surface area contributed by atoms with E-state index < -0.39 is 0 Å². The molecule has 1 aromatic carbocycles. The molecule has 88 valence electrons. The first kappa shape index (κ1) is 13.0. The molecule has 2 atom stereocenters. The summed E-state index contributed by atoms with van der Waals surface area (Å²) in [5, 5.41) is 3.66. The number of benzene rings is 1. The third-order valence-electron chi connectivity index (χ3n) is 2.99. The molecule has 0 aliphatic heterocycles. The summed E-state index contributed by atoms with van der Waals surface area (Å²) in [7, 11) is 0.